The molecule has 8 nitrogen and oxygen atoms in total. The third-order valence-electron chi connectivity index (χ3n) is 9.12. The number of benzene rings is 3. The van der Waals surface area contributed by atoms with E-state index in [1.165, 1.54) is 17.0 Å². The third kappa shape index (κ3) is 7.37. The molecule has 0 bridgehead atoms. The van der Waals surface area contributed by atoms with Gasteiger partial charge in [-0.2, -0.15) is 5.10 Å². The first-order valence-corrected chi connectivity index (χ1v) is 17.9. The van der Waals surface area contributed by atoms with Crippen molar-refractivity contribution in [2.45, 2.75) is 65.3 Å². The van der Waals surface area contributed by atoms with E-state index in [1.807, 2.05) is 43.1 Å². The SMILES string of the molecule is C/C=N/N1CCCC/C1=C\c1c(Cl)ccc2c(CCCOc3cc(CCc4sc(CN)nc4C)cc4cc(F)ccc34)c(C(=O)O)n(C)c12. The number of allylic oxidation sites excluding steroid dienone is 1. The number of hydrogen-bond acceptors (Lipinski definition) is 7. The summed E-state index contributed by atoms with van der Waals surface area (Å²) in [5.41, 5.74) is 11.5. The number of carboxylic acid groups (broad SMARTS) is 1. The number of carbonyl (C=O) groups is 1. The highest BCUT2D eigenvalue weighted by Crippen LogP contribution is 2.36. The average molecular weight is 702 g/mol. The highest BCUT2D eigenvalue weighted by Gasteiger charge is 2.24. The molecule has 5 aromatic rings. The minimum Gasteiger partial charge on any atom is -0.493 e. The minimum atomic E-state index is -0.991. The molecular weight excluding hydrogens is 661 g/mol. The molecule has 0 atom stereocenters. The van der Waals surface area contributed by atoms with Crippen molar-refractivity contribution in [2.75, 3.05) is 13.2 Å². The predicted octanol–water partition coefficient (Wildman–Crippen LogP) is 8.68. The zero-order chi connectivity index (χ0) is 34.7. The maximum atomic E-state index is 14.3. The predicted molar refractivity (Wildman–Crippen MR) is 197 cm³/mol. The van der Waals surface area contributed by atoms with Crippen molar-refractivity contribution < 1.29 is 19.0 Å². The number of hydrazone groups is 1. The van der Waals surface area contributed by atoms with Crippen LogP contribution in [0.2, 0.25) is 5.02 Å². The van der Waals surface area contributed by atoms with Crippen LogP contribution in [0.1, 0.15) is 75.4 Å². The van der Waals surface area contributed by atoms with E-state index < -0.39 is 5.97 Å². The average Bonchev–Trinajstić information content (AvgIpc) is 3.59. The van der Waals surface area contributed by atoms with Crippen LogP contribution in [-0.4, -0.2) is 45.0 Å². The molecule has 0 spiro atoms. The molecule has 1 fully saturated rings. The molecule has 1 aliphatic heterocycles. The van der Waals surface area contributed by atoms with Crippen LogP contribution >= 0.6 is 22.9 Å². The molecule has 3 heterocycles. The lowest BCUT2D eigenvalue weighted by molar-refractivity contribution is 0.0685. The molecule has 3 aromatic carbocycles. The minimum absolute atomic E-state index is 0.239. The number of hydrogen-bond donors (Lipinski definition) is 2. The Morgan fingerprint density at radius 3 is 2.73 bits per heavy atom. The first kappa shape index (κ1) is 34.6. The van der Waals surface area contributed by atoms with Crippen LogP contribution in [-0.2, 0) is 32.9 Å². The second-order valence-corrected chi connectivity index (χ2v) is 13.9. The second-order valence-electron chi connectivity index (χ2n) is 12.4. The molecule has 0 aliphatic carbocycles. The molecule has 11 heteroatoms. The van der Waals surface area contributed by atoms with Gasteiger partial charge in [-0.15, -0.1) is 11.3 Å². The molecule has 49 heavy (non-hydrogen) atoms. The van der Waals surface area contributed by atoms with Crippen molar-refractivity contribution in [2.24, 2.45) is 17.9 Å². The van der Waals surface area contributed by atoms with Crippen molar-refractivity contribution in [1.82, 2.24) is 14.6 Å². The number of carboxylic acids is 1. The van der Waals surface area contributed by atoms with Crippen LogP contribution in [0.4, 0.5) is 4.39 Å². The van der Waals surface area contributed by atoms with Crippen LogP contribution in [0, 0.1) is 12.7 Å². The van der Waals surface area contributed by atoms with Gasteiger partial charge < -0.3 is 20.1 Å². The Kier molecular flexibility index (Phi) is 10.7. The van der Waals surface area contributed by atoms with Crippen molar-refractivity contribution in [3.63, 3.8) is 0 Å². The summed E-state index contributed by atoms with van der Waals surface area (Å²) in [4.78, 5) is 18.4. The quantitative estimate of drug-likeness (QED) is 0.0996. The van der Waals surface area contributed by atoms with Gasteiger partial charge in [0.15, 0.2) is 0 Å². The number of rotatable bonds is 12. The Morgan fingerprint density at radius 2 is 1.98 bits per heavy atom. The number of nitrogens with zero attached hydrogens (tertiary/aromatic N) is 4. The number of halogens is 2. The topological polar surface area (TPSA) is 106 Å². The van der Waals surface area contributed by atoms with Gasteiger partial charge in [0.25, 0.3) is 0 Å². The number of aryl methyl sites for hydroxylation is 5. The molecule has 1 saturated heterocycles. The van der Waals surface area contributed by atoms with E-state index in [-0.39, 0.29) is 11.5 Å². The van der Waals surface area contributed by atoms with Crippen molar-refractivity contribution >= 4 is 62.9 Å². The maximum absolute atomic E-state index is 14.3. The van der Waals surface area contributed by atoms with E-state index >= 15 is 0 Å². The number of piperidine rings is 1. The summed E-state index contributed by atoms with van der Waals surface area (Å²) in [6.45, 7) is 5.51. The zero-order valence-electron chi connectivity index (χ0n) is 28.1. The van der Waals surface area contributed by atoms with Crippen molar-refractivity contribution in [3.8, 4) is 5.75 Å². The lowest BCUT2D eigenvalue weighted by Crippen LogP contribution is -2.22. The van der Waals surface area contributed by atoms with Crippen LogP contribution in [0.15, 0.2) is 53.3 Å². The Bertz CT molecular complexity index is 2090. The van der Waals surface area contributed by atoms with E-state index in [4.69, 9.17) is 22.1 Å². The van der Waals surface area contributed by atoms with Crippen LogP contribution in [0.3, 0.4) is 0 Å². The van der Waals surface area contributed by atoms with Gasteiger partial charge in [-0.1, -0.05) is 23.7 Å². The Morgan fingerprint density at radius 1 is 1.16 bits per heavy atom. The highest BCUT2D eigenvalue weighted by atomic mass is 35.5. The summed E-state index contributed by atoms with van der Waals surface area (Å²) in [5.74, 6) is -0.613. The van der Waals surface area contributed by atoms with Crippen LogP contribution < -0.4 is 10.5 Å². The largest absolute Gasteiger partial charge is 0.493 e. The molecule has 1 aliphatic rings. The van der Waals surface area contributed by atoms with Crippen molar-refractivity contribution in [1.29, 1.82) is 0 Å². The molecule has 3 N–H and O–H groups in total. The highest BCUT2D eigenvalue weighted by molar-refractivity contribution is 7.11. The van der Waals surface area contributed by atoms with Crippen molar-refractivity contribution in [3.05, 3.63) is 97.0 Å². The zero-order valence-corrected chi connectivity index (χ0v) is 29.6. The van der Waals surface area contributed by atoms with E-state index in [0.717, 1.165) is 93.4 Å². The molecule has 256 valence electrons. The summed E-state index contributed by atoms with van der Waals surface area (Å²) in [6.07, 6.45) is 9.44. The second kappa shape index (κ2) is 15.1. The molecular formula is C38H41ClFN5O3S. The number of aromatic carboxylic acids is 1. The van der Waals surface area contributed by atoms with E-state index in [0.29, 0.717) is 36.8 Å². The number of fused-ring (bicyclic) bond motifs is 2. The Balaban J connectivity index is 1.25. The van der Waals surface area contributed by atoms with Crippen LogP contribution in [0.25, 0.3) is 27.8 Å². The normalized spacial score (nSPS) is 14.6. The van der Waals surface area contributed by atoms with Gasteiger partial charge in [0.2, 0.25) is 0 Å². The lowest BCUT2D eigenvalue weighted by atomic mass is 10.0. The standard InChI is InChI=1S/C38H41ClFN5O3S/c1-4-42-45-16-6-5-8-27(45)21-31-32(39)14-13-30-29(37(38(46)47)44(3)36(30)31)9-7-17-48-33-19-24(18-25-20-26(40)11-12-28(25)33)10-15-34-23(2)43-35(22-41)49-34/h4,11-14,18-21H,5-10,15-17,22,41H2,1-3H3,(H,46,47)/b27-21+,42-4+. The summed E-state index contributed by atoms with van der Waals surface area (Å²) >= 11 is 8.42. The summed E-state index contributed by atoms with van der Waals surface area (Å²) in [5, 5.41) is 20.8. The first-order valence-electron chi connectivity index (χ1n) is 16.7. The fourth-order valence-electron chi connectivity index (χ4n) is 6.84. The third-order valence-corrected chi connectivity index (χ3v) is 10.7. The van der Waals surface area contributed by atoms with Gasteiger partial charge in [-0.05, 0) is 112 Å². The fraction of sp³-hybridized carbons (Fsp3) is 0.342. The molecule has 6 rings (SSSR count). The first-order chi connectivity index (χ1) is 23.7. The summed E-state index contributed by atoms with van der Waals surface area (Å²) in [6, 6.07) is 12.5. The van der Waals surface area contributed by atoms with E-state index in [1.54, 1.807) is 35.2 Å². The Hall–Kier alpha value is -4.25. The van der Waals surface area contributed by atoms with Gasteiger partial charge in [0, 0.05) is 58.3 Å². The maximum Gasteiger partial charge on any atom is 0.352 e. The molecule has 2 aromatic heterocycles. The summed E-state index contributed by atoms with van der Waals surface area (Å²) in [7, 11) is 1.79. The van der Waals surface area contributed by atoms with Gasteiger partial charge in [0.05, 0.1) is 17.8 Å². The van der Waals surface area contributed by atoms with E-state index in [9.17, 15) is 14.3 Å². The molecule has 0 amide bonds. The number of aromatic nitrogens is 2. The van der Waals surface area contributed by atoms with Gasteiger partial charge >= 0.3 is 5.97 Å². The number of nitrogens with two attached hydrogens (primary N) is 1. The summed E-state index contributed by atoms with van der Waals surface area (Å²) < 4.78 is 22.4. The Labute approximate surface area is 294 Å². The number of ether oxygens (including phenoxy) is 1. The monoisotopic (exact) mass is 701 g/mol. The van der Waals surface area contributed by atoms with E-state index in [2.05, 4.69) is 16.2 Å². The van der Waals surface area contributed by atoms with Gasteiger partial charge in [-0.3, -0.25) is 5.01 Å². The lowest BCUT2D eigenvalue weighted by Gasteiger charge is -2.27. The van der Waals surface area contributed by atoms with Gasteiger partial charge in [-0.25, -0.2) is 14.2 Å². The molecule has 0 unspecified atom stereocenters. The fourth-order valence-corrected chi connectivity index (χ4v) is 8.00. The molecule has 0 saturated carbocycles. The van der Waals surface area contributed by atoms with Gasteiger partial charge in [0.1, 0.15) is 22.3 Å². The van der Waals surface area contributed by atoms with Crippen LogP contribution in [0.5, 0.6) is 5.75 Å². The molecule has 0 radical (unpaired) electrons. The smallest absolute Gasteiger partial charge is 0.352 e. The number of thiazole rings is 1.